The van der Waals surface area contributed by atoms with Gasteiger partial charge in [0.15, 0.2) is 0 Å². The summed E-state index contributed by atoms with van der Waals surface area (Å²) >= 11 is 0. The highest BCUT2D eigenvalue weighted by atomic mass is 16.5. The summed E-state index contributed by atoms with van der Waals surface area (Å²) in [4.78, 5) is 21.5. The van der Waals surface area contributed by atoms with Crippen molar-refractivity contribution < 1.29 is 14.3 Å². The third-order valence-corrected chi connectivity index (χ3v) is 3.46. The van der Waals surface area contributed by atoms with Gasteiger partial charge < -0.3 is 9.53 Å². The van der Waals surface area contributed by atoms with Crippen molar-refractivity contribution in [3.8, 4) is 0 Å². The zero-order chi connectivity index (χ0) is 12.7. The van der Waals surface area contributed by atoms with Crippen LogP contribution in [-0.2, 0) is 14.3 Å². The van der Waals surface area contributed by atoms with Crippen LogP contribution in [-0.4, -0.2) is 18.9 Å². The molecule has 1 rings (SSSR count). The van der Waals surface area contributed by atoms with E-state index in [1.165, 1.54) is 0 Å². The Morgan fingerprint density at radius 3 is 2.41 bits per heavy atom. The molecule has 1 aliphatic carbocycles. The largest absolute Gasteiger partial charge is 0.462 e. The molecule has 0 unspecified atom stereocenters. The van der Waals surface area contributed by atoms with E-state index >= 15 is 0 Å². The van der Waals surface area contributed by atoms with Crippen LogP contribution in [0.4, 0.5) is 0 Å². The summed E-state index contributed by atoms with van der Waals surface area (Å²) in [5.41, 5.74) is 0.463. The lowest BCUT2D eigenvalue weighted by Gasteiger charge is -2.27. The van der Waals surface area contributed by atoms with Crippen LogP contribution in [0.5, 0.6) is 0 Å². The molecule has 0 aliphatic heterocycles. The highest BCUT2D eigenvalue weighted by Gasteiger charge is 2.21. The molecule has 0 aromatic heterocycles. The van der Waals surface area contributed by atoms with Crippen molar-refractivity contribution in [3.63, 3.8) is 0 Å². The van der Waals surface area contributed by atoms with Crippen LogP contribution in [0.15, 0.2) is 12.2 Å². The average molecular weight is 238 g/mol. The van der Waals surface area contributed by atoms with Crippen LogP contribution in [0, 0.1) is 11.8 Å². The molecule has 0 radical (unpaired) electrons. The number of carbonyl (C=O) groups excluding carboxylic acids is 2. The summed E-state index contributed by atoms with van der Waals surface area (Å²) in [5, 5.41) is 0. The van der Waals surface area contributed by atoms with Crippen LogP contribution >= 0.6 is 0 Å². The van der Waals surface area contributed by atoms with Gasteiger partial charge in [-0.25, -0.2) is 4.79 Å². The van der Waals surface area contributed by atoms with Crippen molar-refractivity contribution >= 4 is 12.3 Å². The molecule has 3 heteroatoms. The molecule has 1 fully saturated rings. The van der Waals surface area contributed by atoms with Gasteiger partial charge in [0.2, 0.25) is 0 Å². The van der Waals surface area contributed by atoms with Gasteiger partial charge in [0.05, 0.1) is 6.61 Å². The Morgan fingerprint density at radius 1 is 1.29 bits per heavy atom. The van der Waals surface area contributed by atoms with Gasteiger partial charge in [-0.05, 0) is 38.0 Å². The van der Waals surface area contributed by atoms with E-state index in [1.807, 2.05) is 0 Å². The van der Waals surface area contributed by atoms with Gasteiger partial charge in [-0.2, -0.15) is 0 Å². The van der Waals surface area contributed by atoms with Crippen LogP contribution in [0.25, 0.3) is 0 Å². The Kier molecular flexibility index (Phi) is 5.95. The number of hydrogen-bond donors (Lipinski definition) is 0. The fourth-order valence-electron chi connectivity index (χ4n) is 2.31. The number of aldehydes is 1. The molecule has 0 amide bonds. The van der Waals surface area contributed by atoms with Gasteiger partial charge in [-0.3, -0.25) is 0 Å². The maximum atomic E-state index is 11.2. The molecular weight excluding hydrogens is 216 g/mol. The van der Waals surface area contributed by atoms with Crippen LogP contribution in [0.2, 0.25) is 0 Å². The van der Waals surface area contributed by atoms with Crippen molar-refractivity contribution in [2.45, 2.75) is 45.4 Å². The van der Waals surface area contributed by atoms with Gasteiger partial charge in [0.25, 0.3) is 0 Å². The molecule has 0 spiro atoms. The lowest BCUT2D eigenvalue weighted by molar-refractivity contribution is -0.140. The van der Waals surface area contributed by atoms with E-state index in [1.54, 1.807) is 6.92 Å². The Morgan fingerprint density at radius 2 is 1.88 bits per heavy atom. The quantitative estimate of drug-likeness (QED) is 0.406. The van der Waals surface area contributed by atoms with E-state index in [0.717, 1.165) is 38.4 Å². The molecule has 0 aromatic rings. The first-order valence-electron chi connectivity index (χ1n) is 6.39. The summed E-state index contributed by atoms with van der Waals surface area (Å²) in [6, 6.07) is 0. The van der Waals surface area contributed by atoms with Crippen molar-refractivity contribution in [2.75, 3.05) is 6.61 Å². The number of hydrogen-bond acceptors (Lipinski definition) is 3. The van der Waals surface area contributed by atoms with Gasteiger partial charge in [-0.1, -0.05) is 19.4 Å². The van der Waals surface area contributed by atoms with E-state index in [-0.39, 0.29) is 5.97 Å². The highest BCUT2D eigenvalue weighted by Crippen LogP contribution is 2.31. The second-order valence-corrected chi connectivity index (χ2v) is 5.01. The molecule has 3 nitrogen and oxygen atoms in total. The monoisotopic (exact) mass is 238 g/mol. The van der Waals surface area contributed by atoms with E-state index in [9.17, 15) is 9.59 Å². The summed E-state index contributed by atoms with van der Waals surface area (Å²) < 4.78 is 5.16. The highest BCUT2D eigenvalue weighted by molar-refractivity contribution is 5.86. The number of ether oxygens (including phenoxy) is 1. The van der Waals surface area contributed by atoms with Crippen LogP contribution in [0.3, 0.4) is 0 Å². The third-order valence-electron chi connectivity index (χ3n) is 3.46. The van der Waals surface area contributed by atoms with Crippen molar-refractivity contribution in [1.82, 2.24) is 0 Å². The standard InChI is InChI=1S/C14H22O3/c1-11(2)14(16)17-10-13-7-5-12(6-8-13)4-3-9-15/h9,12-13H,1,3-8,10H2,2H3. The van der Waals surface area contributed by atoms with Gasteiger partial charge in [0.1, 0.15) is 6.29 Å². The summed E-state index contributed by atoms with van der Waals surface area (Å²) in [5.74, 6) is 0.896. The van der Waals surface area contributed by atoms with Gasteiger partial charge in [0, 0.05) is 12.0 Å². The molecule has 0 N–H and O–H groups in total. The van der Waals surface area contributed by atoms with Gasteiger partial charge >= 0.3 is 5.97 Å². The first kappa shape index (κ1) is 13.9. The fraction of sp³-hybridized carbons (Fsp3) is 0.714. The van der Waals surface area contributed by atoms with Crippen LogP contribution in [0.1, 0.15) is 45.4 Å². The molecule has 0 atom stereocenters. The minimum atomic E-state index is -0.284. The second kappa shape index (κ2) is 7.25. The number of esters is 1. The average Bonchev–Trinajstić information content (AvgIpc) is 2.34. The Labute approximate surface area is 103 Å². The molecule has 0 bridgehead atoms. The van der Waals surface area contributed by atoms with E-state index < -0.39 is 0 Å². The number of rotatable bonds is 6. The zero-order valence-corrected chi connectivity index (χ0v) is 10.6. The molecule has 0 aromatic carbocycles. The summed E-state index contributed by atoms with van der Waals surface area (Å²) in [6.07, 6.45) is 7.22. The van der Waals surface area contributed by atoms with E-state index in [2.05, 4.69) is 6.58 Å². The SMILES string of the molecule is C=C(C)C(=O)OCC1CCC(CCC=O)CC1. The minimum Gasteiger partial charge on any atom is -0.462 e. The number of carbonyl (C=O) groups is 2. The maximum Gasteiger partial charge on any atom is 0.333 e. The molecule has 0 saturated heterocycles. The second-order valence-electron chi connectivity index (χ2n) is 5.01. The third kappa shape index (κ3) is 5.16. The molecular formula is C14H22O3. The Hall–Kier alpha value is -1.12. The maximum absolute atomic E-state index is 11.2. The van der Waals surface area contributed by atoms with Crippen molar-refractivity contribution in [1.29, 1.82) is 0 Å². The molecule has 1 saturated carbocycles. The lowest BCUT2D eigenvalue weighted by Crippen LogP contribution is -2.20. The Bertz CT molecular complexity index is 275. The predicted molar refractivity (Wildman–Crippen MR) is 66.5 cm³/mol. The first-order valence-corrected chi connectivity index (χ1v) is 6.39. The molecule has 1 aliphatic rings. The molecule has 0 heterocycles. The van der Waals surface area contributed by atoms with E-state index in [0.29, 0.717) is 30.4 Å². The van der Waals surface area contributed by atoms with Crippen molar-refractivity contribution in [3.05, 3.63) is 12.2 Å². The fourth-order valence-corrected chi connectivity index (χ4v) is 2.31. The molecule has 96 valence electrons. The first-order chi connectivity index (χ1) is 8.13. The Balaban J connectivity index is 2.16. The smallest absolute Gasteiger partial charge is 0.333 e. The topological polar surface area (TPSA) is 43.4 Å². The van der Waals surface area contributed by atoms with Gasteiger partial charge in [-0.15, -0.1) is 0 Å². The summed E-state index contributed by atoms with van der Waals surface area (Å²) in [6.45, 7) is 5.74. The van der Waals surface area contributed by atoms with Crippen molar-refractivity contribution in [2.24, 2.45) is 11.8 Å². The lowest BCUT2D eigenvalue weighted by atomic mass is 9.80. The molecule has 17 heavy (non-hydrogen) atoms. The zero-order valence-electron chi connectivity index (χ0n) is 10.6. The van der Waals surface area contributed by atoms with E-state index in [4.69, 9.17) is 4.74 Å². The minimum absolute atomic E-state index is 0.284. The normalized spacial score (nSPS) is 24.1. The predicted octanol–water partition coefficient (Wildman–Crippen LogP) is 2.89. The summed E-state index contributed by atoms with van der Waals surface area (Å²) in [7, 11) is 0. The van der Waals surface area contributed by atoms with Crippen LogP contribution < -0.4 is 0 Å².